The maximum atomic E-state index is 13.6. The van der Waals surface area contributed by atoms with E-state index in [0.29, 0.717) is 12.5 Å². The fraction of sp³-hybridized carbons (Fsp3) is 0.630. The minimum absolute atomic E-state index is 0.0671. The van der Waals surface area contributed by atoms with Crippen molar-refractivity contribution in [2.75, 3.05) is 20.1 Å². The number of carbonyl (C=O) groups is 2. The Morgan fingerprint density at radius 1 is 1.21 bits per heavy atom. The lowest BCUT2D eigenvalue weighted by molar-refractivity contribution is -0.140. The van der Waals surface area contributed by atoms with E-state index in [1.54, 1.807) is 11.9 Å². The molecule has 2 aromatic rings. The second-order valence-corrected chi connectivity index (χ2v) is 11.4. The summed E-state index contributed by atoms with van der Waals surface area (Å²) >= 11 is 6.21. The van der Waals surface area contributed by atoms with Crippen molar-refractivity contribution in [3.63, 3.8) is 0 Å². The van der Waals surface area contributed by atoms with Gasteiger partial charge in [-0.2, -0.15) is 0 Å². The van der Waals surface area contributed by atoms with Gasteiger partial charge >= 0.3 is 6.09 Å². The molecular formula is C27H38ClN3O3. The van der Waals surface area contributed by atoms with E-state index >= 15 is 0 Å². The van der Waals surface area contributed by atoms with Gasteiger partial charge in [-0.25, -0.2) is 4.79 Å². The molecule has 6 nitrogen and oxygen atoms in total. The summed E-state index contributed by atoms with van der Waals surface area (Å²) in [5.74, 6) is 0.764. The van der Waals surface area contributed by atoms with E-state index in [2.05, 4.69) is 22.9 Å². The van der Waals surface area contributed by atoms with Crippen LogP contribution in [-0.4, -0.2) is 52.5 Å². The molecule has 2 aliphatic rings. The number of hydrogen-bond acceptors (Lipinski definition) is 3. The molecular weight excluding hydrogens is 450 g/mol. The second-order valence-electron chi connectivity index (χ2n) is 11.0. The fourth-order valence-electron chi connectivity index (χ4n) is 5.66. The molecule has 1 aliphatic carbocycles. The Bertz CT molecular complexity index is 1050. The van der Waals surface area contributed by atoms with E-state index in [9.17, 15) is 9.59 Å². The van der Waals surface area contributed by atoms with Gasteiger partial charge < -0.3 is 19.5 Å². The summed E-state index contributed by atoms with van der Waals surface area (Å²) in [6.07, 6.45) is 5.17. The van der Waals surface area contributed by atoms with Gasteiger partial charge in [-0.05, 0) is 82.9 Å². The predicted octanol–water partition coefficient (Wildman–Crippen LogP) is 6.33. The van der Waals surface area contributed by atoms with Gasteiger partial charge in [0.1, 0.15) is 5.60 Å². The third-order valence-corrected chi connectivity index (χ3v) is 7.55. The molecule has 1 aromatic heterocycles. The van der Waals surface area contributed by atoms with E-state index in [-0.39, 0.29) is 24.0 Å². The number of aromatic amines is 1. The quantitative estimate of drug-likeness (QED) is 0.547. The topological polar surface area (TPSA) is 65.6 Å². The van der Waals surface area contributed by atoms with Crippen molar-refractivity contribution in [2.24, 2.45) is 11.8 Å². The number of fused-ring (bicyclic) bond motifs is 3. The average molecular weight is 488 g/mol. The summed E-state index contributed by atoms with van der Waals surface area (Å²) in [5, 5.41) is 1.95. The van der Waals surface area contributed by atoms with Crippen molar-refractivity contribution in [1.82, 2.24) is 14.8 Å². The Kier molecular flexibility index (Phi) is 7.18. The number of hydrogen-bond donors (Lipinski definition) is 1. The number of aromatic nitrogens is 1. The molecule has 0 spiro atoms. The molecule has 1 N–H and O–H groups in total. The summed E-state index contributed by atoms with van der Waals surface area (Å²) in [6, 6.07) is 6.09. The standard InChI is InChI=1S/C27H38ClN3O3/c1-6-23-24-21(20-12-11-19(28)15-22(20)29-24)13-14-31(23)25(32)18-9-7-17(8-10-18)16-30(5)26(33)34-27(2,3)4/h11-12,15,17-18,23,29H,6-10,13-14,16H2,1-5H3. The van der Waals surface area contributed by atoms with Crippen molar-refractivity contribution in [1.29, 1.82) is 0 Å². The van der Waals surface area contributed by atoms with Crippen molar-refractivity contribution < 1.29 is 14.3 Å². The summed E-state index contributed by atoms with van der Waals surface area (Å²) < 4.78 is 5.48. The molecule has 186 valence electrons. The first-order valence-electron chi connectivity index (χ1n) is 12.6. The maximum absolute atomic E-state index is 13.6. The van der Waals surface area contributed by atoms with Crippen LogP contribution in [0.5, 0.6) is 0 Å². The molecule has 1 aliphatic heterocycles. The van der Waals surface area contributed by atoms with Crippen molar-refractivity contribution in [3.05, 3.63) is 34.5 Å². The maximum Gasteiger partial charge on any atom is 0.410 e. The minimum Gasteiger partial charge on any atom is -0.444 e. The molecule has 7 heteroatoms. The highest BCUT2D eigenvalue weighted by Gasteiger charge is 2.37. The summed E-state index contributed by atoms with van der Waals surface area (Å²) in [4.78, 5) is 33.3. The summed E-state index contributed by atoms with van der Waals surface area (Å²) in [7, 11) is 1.80. The van der Waals surface area contributed by atoms with Crippen molar-refractivity contribution in [3.8, 4) is 0 Å². The lowest BCUT2D eigenvalue weighted by atomic mass is 9.80. The molecule has 1 unspecified atom stereocenters. The van der Waals surface area contributed by atoms with Gasteiger partial charge in [-0.15, -0.1) is 0 Å². The molecule has 1 fully saturated rings. The van der Waals surface area contributed by atoms with Crippen molar-refractivity contribution in [2.45, 2.75) is 77.9 Å². The molecule has 1 atom stereocenters. The Labute approximate surface area is 208 Å². The Morgan fingerprint density at radius 3 is 2.56 bits per heavy atom. The van der Waals surface area contributed by atoms with Crippen LogP contribution in [0.2, 0.25) is 5.02 Å². The first kappa shape index (κ1) is 24.9. The third kappa shape index (κ3) is 5.22. The number of halogens is 1. The van der Waals surface area contributed by atoms with Crippen LogP contribution >= 0.6 is 11.6 Å². The SMILES string of the molecule is CCC1c2[nH]c3cc(Cl)ccc3c2CCN1C(=O)C1CCC(CN(C)C(=O)OC(C)(C)C)CC1. The van der Waals surface area contributed by atoms with Crippen molar-refractivity contribution >= 4 is 34.5 Å². The van der Waals surface area contributed by atoms with Gasteiger partial charge in [0.15, 0.2) is 0 Å². The number of carbonyl (C=O) groups excluding carboxylic acids is 2. The molecule has 34 heavy (non-hydrogen) atoms. The first-order valence-corrected chi connectivity index (χ1v) is 13.0. The number of rotatable bonds is 4. The molecule has 0 saturated heterocycles. The molecule has 0 bridgehead atoms. The van der Waals surface area contributed by atoms with Crippen LogP contribution in [0.3, 0.4) is 0 Å². The fourth-order valence-corrected chi connectivity index (χ4v) is 5.83. The number of nitrogens with one attached hydrogen (secondary N) is 1. The van der Waals surface area contributed by atoms with Crippen LogP contribution in [0, 0.1) is 11.8 Å². The minimum atomic E-state index is -0.489. The third-order valence-electron chi connectivity index (χ3n) is 7.32. The van der Waals surface area contributed by atoms with Gasteiger partial charge in [0.2, 0.25) is 5.91 Å². The molecule has 2 amide bonds. The molecule has 1 aromatic carbocycles. The van der Waals surface area contributed by atoms with Crippen LogP contribution in [0.1, 0.15) is 77.1 Å². The Morgan fingerprint density at radius 2 is 1.91 bits per heavy atom. The number of H-pyrrole nitrogens is 1. The van der Waals surface area contributed by atoms with E-state index in [1.165, 1.54) is 16.6 Å². The highest BCUT2D eigenvalue weighted by molar-refractivity contribution is 6.31. The lowest BCUT2D eigenvalue weighted by Crippen LogP contribution is -2.44. The van der Waals surface area contributed by atoms with Gasteiger partial charge in [-0.1, -0.05) is 24.6 Å². The second kappa shape index (κ2) is 9.80. The van der Waals surface area contributed by atoms with Gasteiger partial charge in [0.05, 0.1) is 6.04 Å². The number of nitrogens with zero attached hydrogens (tertiary/aromatic N) is 2. The van der Waals surface area contributed by atoms with Gasteiger partial charge in [-0.3, -0.25) is 4.79 Å². The Hall–Kier alpha value is -2.21. The van der Waals surface area contributed by atoms with E-state index in [4.69, 9.17) is 16.3 Å². The van der Waals surface area contributed by atoms with Crippen LogP contribution < -0.4 is 0 Å². The zero-order chi connectivity index (χ0) is 24.6. The number of benzene rings is 1. The number of amides is 2. The largest absolute Gasteiger partial charge is 0.444 e. The zero-order valence-corrected chi connectivity index (χ0v) is 21.9. The van der Waals surface area contributed by atoms with E-state index in [1.807, 2.05) is 32.9 Å². The monoisotopic (exact) mass is 487 g/mol. The summed E-state index contributed by atoms with van der Waals surface area (Å²) in [6.45, 7) is 9.25. The number of ether oxygens (including phenoxy) is 1. The molecule has 1 saturated carbocycles. The lowest BCUT2D eigenvalue weighted by Gasteiger charge is -2.39. The van der Waals surface area contributed by atoms with E-state index in [0.717, 1.165) is 55.6 Å². The zero-order valence-electron chi connectivity index (χ0n) is 21.1. The van der Waals surface area contributed by atoms with Crippen LogP contribution in [-0.2, 0) is 16.0 Å². The van der Waals surface area contributed by atoms with Gasteiger partial charge in [0, 0.05) is 47.7 Å². The normalized spacial score (nSPS) is 23.0. The van der Waals surface area contributed by atoms with Crippen LogP contribution in [0.4, 0.5) is 4.79 Å². The van der Waals surface area contributed by atoms with Crippen LogP contribution in [0.25, 0.3) is 10.9 Å². The smallest absolute Gasteiger partial charge is 0.410 e. The van der Waals surface area contributed by atoms with E-state index < -0.39 is 5.60 Å². The highest BCUT2D eigenvalue weighted by Crippen LogP contribution is 2.39. The molecule has 0 radical (unpaired) electrons. The summed E-state index contributed by atoms with van der Waals surface area (Å²) in [5.41, 5.74) is 3.07. The predicted molar refractivity (Wildman–Crippen MR) is 136 cm³/mol. The molecule has 2 heterocycles. The van der Waals surface area contributed by atoms with Gasteiger partial charge in [0.25, 0.3) is 0 Å². The highest BCUT2D eigenvalue weighted by atomic mass is 35.5. The molecule has 4 rings (SSSR count). The first-order chi connectivity index (χ1) is 16.1. The average Bonchev–Trinajstić information content (AvgIpc) is 3.14. The Balaban J connectivity index is 1.38. The van der Waals surface area contributed by atoms with Crippen LogP contribution in [0.15, 0.2) is 18.2 Å².